The van der Waals surface area contributed by atoms with Gasteiger partial charge in [-0.15, -0.1) is 0 Å². The lowest BCUT2D eigenvalue weighted by atomic mass is 10.1. The Bertz CT molecular complexity index is 1060. The fourth-order valence-electron chi connectivity index (χ4n) is 2.78. The topological polar surface area (TPSA) is 73.2 Å². The molecule has 6 nitrogen and oxygen atoms in total. The average molecular weight is 398 g/mol. The van der Waals surface area contributed by atoms with Gasteiger partial charge < -0.3 is 10.1 Å². The third-order valence-corrected chi connectivity index (χ3v) is 4.67. The number of carbonyl (C=O) groups is 1. The first kappa shape index (κ1) is 19.6. The first-order chi connectivity index (χ1) is 13.5. The predicted molar refractivity (Wildman–Crippen MR) is 109 cm³/mol. The molecule has 0 spiro atoms. The molecule has 0 atom stereocenters. The molecule has 0 aliphatic carbocycles. The summed E-state index contributed by atoms with van der Waals surface area (Å²) in [5.41, 5.74) is 1.83. The molecule has 0 aliphatic heterocycles. The van der Waals surface area contributed by atoms with E-state index in [0.29, 0.717) is 28.8 Å². The van der Waals surface area contributed by atoms with Crippen LogP contribution in [0, 0.1) is 6.92 Å². The Labute approximate surface area is 167 Å². The number of nitrogens with one attached hydrogen (secondary N) is 1. The van der Waals surface area contributed by atoms with E-state index in [-0.39, 0.29) is 18.0 Å². The maximum atomic E-state index is 12.5. The van der Waals surface area contributed by atoms with Crippen molar-refractivity contribution in [2.75, 3.05) is 7.11 Å². The monoisotopic (exact) mass is 397 g/mol. The molecular formula is C21H20ClN3O3. The molecule has 3 rings (SSSR count). The van der Waals surface area contributed by atoms with E-state index in [2.05, 4.69) is 10.3 Å². The number of amides is 1. The van der Waals surface area contributed by atoms with Gasteiger partial charge in [0.05, 0.1) is 12.8 Å². The van der Waals surface area contributed by atoms with Crippen LogP contribution in [-0.4, -0.2) is 22.6 Å². The average Bonchev–Trinajstić information content (AvgIpc) is 2.70. The van der Waals surface area contributed by atoms with Crippen LogP contribution in [0.4, 0.5) is 0 Å². The maximum Gasteiger partial charge on any atom is 0.254 e. The summed E-state index contributed by atoms with van der Waals surface area (Å²) in [6.45, 7) is 1.88. The molecule has 1 N–H and O–H groups in total. The lowest BCUT2D eigenvalue weighted by molar-refractivity contribution is -0.121. The molecule has 1 amide bonds. The molecule has 2 aromatic carbocycles. The van der Waals surface area contributed by atoms with E-state index in [0.717, 1.165) is 11.1 Å². The van der Waals surface area contributed by atoms with Crippen molar-refractivity contribution in [1.29, 1.82) is 0 Å². The first-order valence-corrected chi connectivity index (χ1v) is 9.08. The fraction of sp³-hybridized carbons (Fsp3) is 0.190. The normalized spacial score (nSPS) is 10.5. The summed E-state index contributed by atoms with van der Waals surface area (Å²) in [6.07, 6.45) is 0. The second kappa shape index (κ2) is 8.71. The van der Waals surface area contributed by atoms with Gasteiger partial charge in [-0.2, -0.15) is 0 Å². The van der Waals surface area contributed by atoms with Crippen molar-refractivity contribution in [2.24, 2.45) is 0 Å². The summed E-state index contributed by atoms with van der Waals surface area (Å²) in [5.74, 6) is 0.847. The van der Waals surface area contributed by atoms with Crippen LogP contribution in [0.5, 0.6) is 5.75 Å². The van der Waals surface area contributed by atoms with Gasteiger partial charge in [-0.3, -0.25) is 14.2 Å². The van der Waals surface area contributed by atoms with Gasteiger partial charge >= 0.3 is 0 Å². The van der Waals surface area contributed by atoms with E-state index in [1.807, 2.05) is 42.5 Å². The Kier molecular flexibility index (Phi) is 6.11. The molecular weight excluding hydrogens is 378 g/mol. The van der Waals surface area contributed by atoms with Crippen LogP contribution in [0.1, 0.15) is 11.4 Å². The predicted octanol–water partition coefficient (Wildman–Crippen LogP) is 3.20. The van der Waals surface area contributed by atoms with Crippen molar-refractivity contribution in [3.05, 3.63) is 81.4 Å². The molecule has 1 aromatic heterocycles. The molecule has 0 saturated heterocycles. The standard InChI is InChI=1S/C21H20ClN3O3/c1-14-24-19(15-7-5-8-17(10-15)28-2)11-21(27)25(14)13-20(26)23-12-16-6-3-4-9-18(16)22/h3-11H,12-13H2,1-2H3,(H,23,26). The number of ether oxygens (including phenoxy) is 1. The van der Waals surface area contributed by atoms with Gasteiger partial charge in [0.2, 0.25) is 5.91 Å². The lowest BCUT2D eigenvalue weighted by Crippen LogP contribution is -2.33. The highest BCUT2D eigenvalue weighted by Crippen LogP contribution is 2.21. The number of rotatable bonds is 6. The quantitative estimate of drug-likeness (QED) is 0.693. The summed E-state index contributed by atoms with van der Waals surface area (Å²) in [7, 11) is 1.58. The van der Waals surface area contributed by atoms with Crippen LogP contribution in [-0.2, 0) is 17.9 Å². The van der Waals surface area contributed by atoms with Crippen LogP contribution in [0.3, 0.4) is 0 Å². The number of aromatic nitrogens is 2. The van der Waals surface area contributed by atoms with Gasteiger partial charge in [-0.1, -0.05) is 41.9 Å². The van der Waals surface area contributed by atoms with Crippen LogP contribution >= 0.6 is 11.6 Å². The third-order valence-electron chi connectivity index (χ3n) is 4.30. The number of nitrogens with zero attached hydrogens (tertiary/aromatic N) is 2. The highest BCUT2D eigenvalue weighted by atomic mass is 35.5. The maximum absolute atomic E-state index is 12.5. The highest BCUT2D eigenvalue weighted by Gasteiger charge is 2.11. The van der Waals surface area contributed by atoms with Crippen molar-refractivity contribution in [3.8, 4) is 17.0 Å². The van der Waals surface area contributed by atoms with Crippen LogP contribution in [0.15, 0.2) is 59.4 Å². The molecule has 144 valence electrons. The number of benzene rings is 2. The van der Waals surface area contributed by atoms with E-state index in [1.54, 1.807) is 20.1 Å². The summed E-state index contributed by atoms with van der Waals surface area (Å²) in [4.78, 5) is 29.3. The zero-order chi connectivity index (χ0) is 20.1. The molecule has 0 unspecified atom stereocenters. The van der Waals surface area contributed by atoms with Gasteiger partial charge in [-0.25, -0.2) is 4.98 Å². The van der Waals surface area contributed by atoms with Crippen molar-refractivity contribution in [1.82, 2.24) is 14.9 Å². The summed E-state index contributed by atoms with van der Waals surface area (Å²) in [6, 6.07) is 16.0. The Hall–Kier alpha value is -3.12. The molecule has 3 aromatic rings. The minimum absolute atomic E-state index is 0.111. The van der Waals surface area contributed by atoms with Gasteiger partial charge in [0.25, 0.3) is 5.56 Å². The molecule has 7 heteroatoms. The van der Waals surface area contributed by atoms with Gasteiger partial charge in [0.1, 0.15) is 18.1 Å². The zero-order valence-corrected chi connectivity index (χ0v) is 16.4. The third kappa shape index (κ3) is 4.58. The van der Waals surface area contributed by atoms with Crippen LogP contribution in [0.25, 0.3) is 11.3 Å². The second-order valence-electron chi connectivity index (χ2n) is 6.21. The van der Waals surface area contributed by atoms with Gasteiger partial charge in [-0.05, 0) is 30.7 Å². The van der Waals surface area contributed by atoms with E-state index in [1.165, 1.54) is 10.6 Å². The smallest absolute Gasteiger partial charge is 0.254 e. The Morgan fingerprint density at radius 2 is 1.96 bits per heavy atom. The molecule has 0 saturated carbocycles. The second-order valence-corrected chi connectivity index (χ2v) is 6.62. The molecule has 1 heterocycles. The van der Waals surface area contributed by atoms with Crippen LogP contribution < -0.4 is 15.6 Å². The molecule has 28 heavy (non-hydrogen) atoms. The van der Waals surface area contributed by atoms with E-state index in [9.17, 15) is 9.59 Å². The highest BCUT2D eigenvalue weighted by molar-refractivity contribution is 6.31. The van der Waals surface area contributed by atoms with Gasteiger partial charge in [0, 0.05) is 23.2 Å². The Morgan fingerprint density at radius 3 is 2.68 bits per heavy atom. The summed E-state index contributed by atoms with van der Waals surface area (Å²) >= 11 is 6.09. The van der Waals surface area contributed by atoms with Gasteiger partial charge in [0.15, 0.2) is 0 Å². The number of aryl methyl sites for hydroxylation is 1. The number of methoxy groups -OCH3 is 1. The zero-order valence-electron chi connectivity index (χ0n) is 15.6. The summed E-state index contributed by atoms with van der Waals surface area (Å²) in [5, 5.41) is 3.36. The molecule has 0 aliphatic rings. The van der Waals surface area contributed by atoms with E-state index >= 15 is 0 Å². The molecule has 0 bridgehead atoms. The van der Waals surface area contributed by atoms with Crippen molar-refractivity contribution in [3.63, 3.8) is 0 Å². The van der Waals surface area contributed by atoms with E-state index < -0.39 is 0 Å². The number of halogens is 1. The molecule has 0 fully saturated rings. The van der Waals surface area contributed by atoms with Crippen LogP contribution in [0.2, 0.25) is 5.02 Å². The number of hydrogen-bond donors (Lipinski definition) is 1. The van der Waals surface area contributed by atoms with Crippen molar-refractivity contribution >= 4 is 17.5 Å². The summed E-state index contributed by atoms with van der Waals surface area (Å²) < 4.78 is 6.55. The van der Waals surface area contributed by atoms with Crippen molar-refractivity contribution < 1.29 is 9.53 Å². The fourth-order valence-corrected chi connectivity index (χ4v) is 2.98. The Balaban J connectivity index is 1.75. The number of hydrogen-bond acceptors (Lipinski definition) is 4. The largest absolute Gasteiger partial charge is 0.497 e. The molecule has 0 radical (unpaired) electrons. The SMILES string of the molecule is COc1cccc(-c2cc(=O)n(CC(=O)NCc3ccccc3Cl)c(C)n2)c1. The number of carbonyl (C=O) groups excluding carboxylic acids is 1. The minimum Gasteiger partial charge on any atom is -0.497 e. The Morgan fingerprint density at radius 1 is 1.18 bits per heavy atom. The van der Waals surface area contributed by atoms with Crippen molar-refractivity contribution in [2.45, 2.75) is 20.0 Å². The first-order valence-electron chi connectivity index (χ1n) is 8.71. The lowest BCUT2D eigenvalue weighted by Gasteiger charge is -2.12. The minimum atomic E-state index is -0.293. The van der Waals surface area contributed by atoms with E-state index in [4.69, 9.17) is 16.3 Å².